The van der Waals surface area contributed by atoms with Crippen LogP contribution in [0.4, 0.5) is 11.4 Å². The highest BCUT2D eigenvalue weighted by molar-refractivity contribution is 5.97. The maximum absolute atomic E-state index is 11.2. The number of hydrogen-bond acceptors (Lipinski definition) is 10. The van der Waals surface area contributed by atoms with E-state index in [0.29, 0.717) is 24.1 Å². The number of hydrogen-bond donors (Lipinski definition) is 0. The first-order valence-electron chi connectivity index (χ1n) is 31.2. The molecule has 434 valence electrons. The minimum atomic E-state index is 0.250. The molecule has 6 aromatic rings. The average molecular weight is 1100 g/mol. The molecule has 2 saturated carbocycles. The van der Waals surface area contributed by atoms with Gasteiger partial charge < -0.3 is 42.9 Å². The zero-order valence-corrected chi connectivity index (χ0v) is 49.7. The third-order valence-corrected chi connectivity index (χ3v) is 19.3. The number of aryl methyl sites for hydroxylation is 3. The fraction of sp³-hybridized carbons (Fsp3) is 0.565. The maximum atomic E-state index is 11.2. The van der Waals surface area contributed by atoms with Crippen molar-refractivity contribution in [2.45, 2.75) is 148 Å². The molecule has 12 nitrogen and oxygen atoms in total. The average Bonchev–Trinajstić information content (AvgIpc) is 3.86. The summed E-state index contributed by atoms with van der Waals surface area (Å²) in [6.45, 7) is 22.3. The number of piperidine rings is 2. The van der Waals surface area contributed by atoms with Crippen LogP contribution in [-0.2, 0) is 36.9 Å². The van der Waals surface area contributed by atoms with E-state index in [0.717, 1.165) is 77.4 Å². The maximum Gasteiger partial charge on any atom is 0.373 e. The van der Waals surface area contributed by atoms with Crippen molar-refractivity contribution < 1.29 is 28.6 Å². The molecule has 2 aliphatic carbocycles. The summed E-state index contributed by atoms with van der Waals surface area (Å²) in [4.78, 5) is 38.2. The van der Waals surface area contributed by atoms with E-state index >= 15 is 0 Å². The molecule has 81 heavy (non-hydrogen) atoms. The lowest BCUT2D eigenvalue weighted by Crippen LogP contribution is -2.41. The Bertz CT molecular complexity index is 3090. The minimum Gasteiger partial charge on any atom is -0.429 e. The minimum absolute atomic E-state index is 0.250. The lowest BCUT2D eigenvalue weighted by atomic mass is 9.81. The van der Waals surface area contributed by atoms with Gasteiger partial charge in [-0.05, 0) is 180 Å². The van der Waals surface area contributed by atoms with Crippen LogP contribution in [0.25, 0.3) is 44.3 Å². The standard InChI is InChI=1S/C34H45N3O3.C34H47N3O.CO2/c1-25-10-12-30-31(21-25)36(17-16-35-15-6-7-26(23-35)14-20-39-2)18-19-37-32-22-28(40-24-38)11-13-29(32)33(34(30)37)27-8-4-3-5-9-27;1-25-12-14-30-31(22-25)36(18-17-35-16-7-8-27(24-35)15-21-38-3)19-20-37-32-23-26(2)11-13-29(32)33(34(30)37)28-9-5-4-6-10-28;2-1-3/h10-13,21-22,24,26-27H,3-9,14-20,23H2,1-2H3;11-14,22-23,27-28H,4-10,15-21,24H2,1-3H3;/t26-;27-;/m00./s1. The van der Waals surface area contributed by atoms with Gasteiger partial charge in [0.2, 0.25) is 0 Å². The van der Waals surface area contributed by atoms with E-state index in [4.69, 9.17) is 23.8 Å². The van der Waals surface area contributed by atoms with Crippen LogP contribution >= 0.6 is 0 Å². The second-order valence-electron chi connectivity index (χ2n) is 24.7. The number of fused-ring (bicyclic) bond motifs is 10. The number of ether oxygens (including phenoxy) is 3. The number of carbonyl (C=O) groups is 1. The van der Waals surface area contributed by atoms with E-state index in [9.17, 15) is 4.79 Å². The third-order valence-electron chi connectivity index (χ3n) is 19.3. The topological polar surface area (TPSA) is 102 Å². The number of benzene rings is 4. The summed E-state index contributed by atoms with van der Waals surface area (Å²) < 4.78 is 21.3. The Morgan fingerprint density at radius 2 is 0.951 bits per heavy atom. The third kappa shape index (κ3) is 13.5. The van der Waals surface area contributed by atoms with Gasteiger partial charge in [0.15, 0.2) is 0 Å². The number of aromatic nitrogens is 2. The molecule has 0 spiro atoms. The molecular weight excluding hydrogens is 1010 g/mol. The Morgan fingerprint density at radius 3 is 1.42 bits per heavy atom. The first-order valence-corrected chi connectivity index (χ1v) is 31.2. The molecule has 4 fully saturated rings. The Labute approximate surface area is 483 Å². The van der Waals surface area contributed by atoms with Gasteiger partial charge in [-0.3, -0.25) is 4.79 Å². The molecular formula is C69H92N6O6. The van der Waals surface area contributed by atoms with E-state index in [2.05, 4.69) is 116 Å². The summed E-state index contributed by atoms with van der Waals surface area (Å²) >= 11 is 0. The summed E-state index contributed by atoms with van der Waals surface area (Å²) in [6.07, 6.45) is 21.2. The van der Waals surface area contributed by atoms with E-state index < -0.39 is 0 Å². The van der Waals surface area contributed by atoms with Crippen LogP contribution in [0.5, 0.6) is 5.75 Å². The summed E-state index contributed by atoms with van der Waals surface area (Å²) in [5.41, 5.74) is 18.4. The van der Waals surface area contributed by atoms with Crippen molar-refractivity contribution in [3.05, 3.63) is 101 Å². The lowest BCUT2D eigenvalue weighted by molar-refractivity contribution is -0.191. The number of nitrogens with zero attached hydrogens (tertiary/aromatic N) is 6. The molecule has 6 heterocycles. The number of rotatable bonds is 16. The van der Waals surface area contributed by atoms with Crippen LogP contribution in [-0.4, -0.2) is 124 Å². The normalized spacial score (nSPS) is 19.9. The molecule has 0 radical (unpaired) electrons. The second kappa shape index (κ2) is 28.0. The first kappa shape index (κ1) is 58.4. The Morgan fingerprint density at radius 1 is 0.506 bits per heavy atom. The van der Waals surface area contributed by atoms with Gasteiger partial charge in [0.1, 0.15) is 5.75 Å². The zero-order chi connectivity index (χ0) is 56.2. The predicted octanol–water partition coefficient (Wildman–Crippen LogP) is 13.7. The van der Waals surface area contributed by atoms with Crippen molar-refractivity contribution in [1.82, 2.24) is 18.9 Å². The molecule has 12 rings (SSSR count). The fourth-order valence-corrected chi connectivity index (χ4v) is 15.3. The highest BCUT2D eigenvalue weighted by atomic mass is 16.5. The molecule has 0 bridgehead atoms. The number of anilines is 2. The number of carbonyl (C=O) groups excluding carboxylic acids is 3. The molecule has 0 unspecified atom stereocenters. The van der Waals surface area contributed by atoms with E-state index in [-0.39, 0.29) is 6.15 Å². The van der Waals surface area contributed by atoms with Gasteiger partial charge in [-0.25, -0.2) is 0 Å². The molecule has 0 amide bonds. The summed E-state index contributed by atoms with van der Waals surface area (Å²) in [5.74, 6) is 3.42. The van der Waals surface area contributed by atoms with Crippen LogP contribution < -0.4 is 14.5 Å². The SMILES string of the molecule is COCC[C@@H]1CCCN(CCN2CCn3c(c(C4CCCCC4)c4ccc(C)cc43)-c3ccc(C)cc32)C1.COCC[C@@H]1CCCN(CCN2CCn3c(c(C4CCCCC4)c4ccc(OC=O)cc43)-c3ccc(C)cc32)C1.O=C=O. The Hall–Kier alpha value is -5.75. The van der Waals surface area contributed by atoms with E-state index in [1.165, 1.54) is 207 Å². The Balaban J connectivity index is 0.000000174. The van der Waals surface area contributed by atoms with E-state index in [1.807, 2.05) is 20.3 Å². The van der Waals surface area contributed by atoms with Gasteiger partial charge in [0.25, 0.3) is 6.47 Å². The summed E-state index contributed by atoms with van der Waals surface area (Å²) in [6, 6.07) is 27.7. The van der Waals surface area contributed by atoms with Gasteiger partial charge in [0, 0.05) is 138 Å². The predicted molar refractivity (Wildman–Crippen MR) is 328 cm³/mol. The Kier molecular flexibility index (Phi) is 20.2. The molecule has 0 N–H and O–H groups in total. The van der Waals surface area contributed by atoms with Gasteiger partial charge >= 0.3 is 6.15 Å². The van der Waals surface area contributed by atoms with Crippen molar-refractivity contribution in [3.8, 4) is 28.3 Å². The van der Waals surface area contributed by atoms with Gasteiger partial charge in [-0.15, -0.1) is 0 Å². The van der Waals surface area contributed by atoms with Crippen molar-refractivity contribution in [3.63, 3.8) is 0 Å². The van der Waals surface area contributed by atoms with Crippen LogP contribution in [0.15, 0.2) is 72.8 Å². The smallest absolute Gasteiger partial charge is 0.373 e. The quantitative estimate of drug-likeness (QED) is 0.0871. The molecule has 2 atom stereocenters. The molecule has 4 aliphatic heterocycles. The van der Waals surface area contributed by atoms with Crippen molar-refractivity contribution >= 4 is 45.8 Å². The van der Waals surface area contributed by atoms with Gasteiger partial charge in [-0.2, -0.15) is 9.59 Å². The van der Waals surface area contributed by atoms with Gasteiger partial charge in [-0.1, -0.05) is 74.9 Å². The van der Waals surface area contributed by atoms with Crippen LogP contribution in [0.3, 0.4) is 0 Å². The largest absolute Gasteiger partial charge is 0.429 e. The monoisotopic (exact) mass is 1100 g/mol. The highest BCUT2D eigenvalue weighted by Gasteiger charge is 2.33. The van der Waals surface area contributed by atoms with Crippen LogP contribution in [0.2, 0.25) is 0 Å². The van der Waals surface area contributed by atoms with E-state index in [1.54, 1.807) is 5.56 Å². The molecule has 6 aliphatic rings. The summed E-state index contributed by atoms with van der Waals surface area (Å²) in [7, 11) is 3.65. The van der Waals surface area contributed by atoms with Crippen LogP contribution in [0.1, 0.15) is 142 Å². The van der Waals surface area contributed by atoms with Crippen molar-refractivity contribution in [1.29, 1.82) is 0 Å². The number of likely N-dealkylation sites (tertiary alicyclic amines) is 2. The first-order chi connectivity index (χ1) is 39.7. The number of methoxy groups -OCH3 is 2. The van der Waals surface area contributed by atoms with Gasteiger partial charge in [0.05, 0.1) is 16.9 Å². The fourth-order valence-electron chi connectivity index (χ4n) is 15.3. The molecule has 4 aromatic carbocycles. The lowest BCUT2D eigenvalue weighted by Gasteiger charge is -2.35. The summed E-state index contributed by atoms with van der Waals surface area (Å²) in [5, 5.41) is 2.84. The second-order valence-corrected chi connectivity index (χ2v) is 24.7. The van der Waals surface area contributed by atoms with Crippen molar-refractivity contribution in [2.24, 2.45) is 11.8 Å². The molecule has 12 heteroatoms. The molecule has 2 aromatic heterocycles. The van der Waals surface area contributed by atoms with Crippen molar-refractivity contribution in [2.75, 3.05) is 103 Å². The zero-order valence-electron chi connectivity index (χ0n) is 49.7. The molecule has 2 saturated heterocycles. The highest BCUT2D eigenvalue weighted by Crippen LogP contribution is 2.50. The van der Waals surface area contributed by atoms with Crippen LogP contribution in [0, 0.1) is 32.6 Å².